The molecule has 0 radical (unpaired) electrons. The molecular weight excluding hydrogens is 471 g/mol. The van der Waals surface area contributed by atoms with E-state index in [1.54, 1.807) is 31.3 Å². The Morgan fingerprint density at radius 1 is 0.892 bits per heavy atom. The summed E-state index contributed by atoms with van der Waals surface area (Å²) in [5.74, 6) is 0.498. The highest BCUT2D eigenvalue weighted by Crippen LogP contribution is 2.28. The first-order chi connectivity index (χ1) is 17.9. The van der Waals surface area contributed by atoms with Crippen LogP contribution in [0.3, 0.4) is 0 Å². The van der Waals surface area contributed by atoms with Gasteiger partial charge < -0.3 is 19.7 Å². The lowest BCUT2D eigenvalue weighted by atomic mass is 10.0. The Hall–Kier alpha value is -3.87. The van der Waals surface area contributed by atoms with Crippen molar-refractivity contribution in [3.63, 3.8) is 0 Å². The lowest BCUT2D eigenvalue weighted by molar-refractivity contribution is -0.141. The Bertz CT molecular complexity index is 1150. The fraction of sp³-hybridized carbons (Fsp3) is 0.333. The summed E-state index contributed by atoms with van der Waals surface area (Å²) in [5.41, 5.74) is 2.63. The third-order valence-corrected chi connectivity index (χ3v) is 6.16. The van der Waals surface area contributed by atoms with Crippen molar-refractivity contribution in [2.45, 2.75) is 45.2 Å². The molecule has 0 saturated heterocycles. The van der Waals surface area contributed by atoms with Crippen LogP contribution in [0.15, 0.2) is 72.8 Å². The van der Waals surface area contributed by atoms with Crippen molar-refractivity contribution in [3.8, 4) is 11.5 Å². The maximum absolute atomic E-state index is 13.7. The molecule has 0 saturated carbocycles. The SMILES string of the molecule is CCCNC(=O)[C@H](Cc1ccccc1)N(Cc1ccc(F)cc1)C(=O)CCc1ccc(OC)c(OC)c1. The molecule has 0 spiro atoms. The Kier molecular flexibility index (Phi) is 10.5. The maximum atomic E-state index is 13.7. The minimum atomic E-state index is -0.711. The third-order valence-electron chi connectivity index (χ3n) is 6.16. The zero-order valence-corrected chi connectivity index (χ0v) is 21.7. The molecule has 3 rings (SSSR count). The second-order valence-corrected chi connectivity index (χ2v) is 8.83. The summed E-state index contributed by atoms with van der Waals surface area (Å²) in [6.07, 6.45) is 1.82. The first-order valence-electron chi connectivity index (χ1n) is 12.5. The fourth-order valence-corrected chi connectivity index (χ4v) is 4.14. The molecule has 0 fully saturated rings. The first kappa shape index (κ1) is 27.7. The molecule has 3 aromatic rings. The molecule has 1 N–H and O–H groups in total. The minimum absolute atomic E-state index is 0.160. The molecule has 0 aliphatic heterocycles. The van der Waals surface area contributed by atoms with E-state index >= 15 is 0 Å². The second-order valence-electron chi connectivity index (χ2n) is 8.83. The van der Waals surface area contributed by atoms with Gasteiger partial charge in [-0.2, -0.15) is 0 Å². The second kappa shape index (κ2) is 14.0. The normalized spacial score (nSPS) is 11.5. The van der Waals surface area contributed by atoms with Gasteiger partial charge in [-0.05, 0) is 53.8 Å². The number of carbonyl (C=O) groups excluding carboxylic acids is 2. The minimum Gasteiger partial charge on any atom is -0.493 e. The number of amides is 2. The average molecular weight is 507 g/mol. The number of nitrogens with zero attached hydrogens (tertiary/aromatic N) is 1. The number of methoxy groups -OCH3 is 2. The lowest BCUT2D eigenvalue weighted by Crippen LogP contribution is -2.50. The van der Waals surface area contributed by atoms with Crippen molar-refractivity contribution in [2.75, 3.05) is 20.8 Å². The molecule has 0 aliphatic rings. The van der Waals surface area contributed by atoms with E-state index in [4.69, 9.17) is 9.47 Å². The highest BCUT2D eigenvalue weighted by Gasteiger charge is 2.30. The maximum Gasteiger partial charge on any atom is 0.243 e. The molecule has 0 heterocycles. The molecular formula is C30H35FN2O4. The highest BCUT2D eigenvalue weighted by molar-refractivity contribution is 5.88. The van der Waals surface area contributed by atoms with E-state index in [2.05, 4.69) is 5.32 Å². The number of hydrogen-bond acceptors (Lipinski definition) is 4. The van der Waals surface area contributed by atoms with E-state index in [-0.39, 0.29) is 30.6 Å². The predicted octanol–water partition coefficient (Wildman–Crippen LogP) is 4.94. The molecule has 6 nitrogen and oxygen atoms in total. The van der Waals surface area contributed by atoms with Crippen LogP contribution in [0.25, 0.3) is 0 Å². The Morgan fingerprint density at radius 2 is 1.57 bits per heavy atom. The van der Waals surface area contributed by atoms with Crippen LogP contribution < -0.4 is 14.8 Å². The van der Waals surface area contributed by atoms with Crippen molar-refractivity contribution in [1.29, 1.82) is 0 Å². The van der Waals surface area contributed by atoms with Crippen molar-refractivity contribution in [2.24, 2.45) is 0 Å². The van der Waals surface area contributed by atoms with E-state index in [9.17, 15) is 14.0 Å². The summed E-state index contributed by atoms with van der Waals surface area (Å²) in [5, 5.41) is 2.96. The summed E-state index contributed by atoms with van der Waals surface area (Å²) in [7, 11) is 3.14. The van der Waals surface area contributed by atoms with Gasteiger partial charge in [-0.25, -0.2) is 4.39 Å². The molecule has 7 heteroatoms. The Balaban J connectivity index is 1.88. The number of rotatable bonds is 13. The van der Waals surface area contributed by atoms with Gasteiger partial charge in [0.05, 0.1) is 14.2 Å². The topological polar surface area (TPSA) is 67.9 Å². The van der Waals surface area contributed by atoms with Gasteiger partial charge in [0.15, 0.2) is 11.5 Å². The summed E-state index contributed by atoms with van der Waals surface area (Å²) in [6.45, 7) is 2.70. The average Bonchev–Trinajstić information content (AvgIpc) is 2.93. The van der Waals surface area contributed by atoms with E-state index in [0.29, 0.717) is 30.9 Å². The summed E-state index contributed by atoms with van der Waals surface area (Å²) in [6, 6.07) is 20.5. The largest absolute Gasteiger partial charge is 0.493 e. The lowest BCUT2D eigenvalue weighted by Gasteiger charge is -2.31. The first-order valence-corrected chi connectivity index (χ1v) is 12.5. The van der Waals surface area contributed by atoms with Gasteiger partial charge in [-0.15, -0.1) is 0 Å². The van der Waals surface area contributed by atoms with E-state index in [1.165, 1.54) is 12.1 Å². The predicted molar refractivity (Wildman–Crippen MR) is 142 cm³/mol. The Morgan fingerprint density at radius 3 is 2.22 bits per heavy atom. The molecule has 3 aromatic carbocycles. The summed E-state index contributed by atoms with van der Waals surface area (Å²) in [4.78, 5) is 28.6. The summed E-state index contributed by atoms with van der Waals surface area (Å²) >= 11 is 0. The molecule has 0 aliphatic carbocycles. The zero-order valence-electron chi connectivity index (χ0n) is 21.7. The number of aryl methyl sites for hydroxylation is 1. The van der Waals surface area contributed by atoms with Crippen molar-refractivity contribution in [1.82, 2.24) is 10.2 Å². The van der Waals surface area contributed by atoms with Crippen LogP contribution in [0.4, 0.5) is 4.39 Å². The molecule has 0 unspecified atom stereocenters. The van der Waals surface area contributed by atoms with Gasteiger partial charge in [0.25, 0.3) is 0 Å². The van der Waals surface area contributed by atoms with Crippen LogP contribution in [0, 0.1) is 5.82 Å². The van der Waals surface area contributed by atoms with Crippen molar-refractivity contribution in [3.05, 3.63) is 95.3 Å². The van der Waals surface area contributed by atoms with Crippen LogP contribution in [0.5, 0.6) is 11.5 Å². The van der Waals surface area contributed by atoms with Crippen molar-refractivity contribution < 1.29 is 23.5 Å². The van der Waals surface area contributed by atoms with Gasteiger partial charge in [0.2, 0.25) is 11.8 Å². The van der Waals surface area contributed by atoms with Crippen LogP contribution >= 0.6 is 0 Å². The van der Waals surface area contributed by atoms with E-state index in [0.717, 1.165) is 23.1 Å². The number of benzene rings is 3. The van der Waals surface area contributed by atoms with Gasteiger partial charge in [0.1, 0.15) is 11.9 Å². The van der Waals surface area contributed by atoms with Gasteiger partial charge in [-0.1, -0.05) is 55.5 Å². The number of halogens is 1. The van der Waals surface area contributed by atoms with Crippen LogP contribution in [-0.4, -0.2) is 43.5 Å². The molecule has 0 bridgehead atoms. The number of nitrogens with one attached hydrogen (secondary N) is 1. The standard InChI is InChI=1S/C30H35FN2O4/c1-4-18-32-30(35)26(19-22-8-6-5-7-9-22)33(21-24-10-14-25(31)15-11-24)29(34)17-13-23-12-16-27(36-2)28(20-23)37-3/h5-12,14-16,20,26H,4,13,17-19,21H2,1-3H3,(H,32,35)/t26-/m0/s1. The van der Waals surface area contributed by atoms with E-state index in [1.807, 2.05) is 55.5 Å². The molecule has 2 amide bonds. The molecule has 37 heavy (non-hydrogen) atoms. The highest BCUT2D eigenvalue weighted by atomic mass is 19.1. The van der Waals surface area contributed by atoms with Gasteiger partial charge in [0, 0.05) is 25.9 Å². The number of carbonyl (C=O) groups is 2. The molecule has 196 valence electrons. The quantitative estimate of drug-likeness (QED) is 0.357. The van der Waals surface area contributed by atoms with Crippen molar-refractivity contribution >= 4 is 11.8 Å². The van der Waals surface area contributed by atoms with Crippen LogP contribution in [0.2, 0.25) is 0 Å². The van der Waals surface area contributed by atoms with E-state index < -0.39 is 6.04 Å². The van der Waals surface area contributed by atoms with Crippen LogP contribution in [-0.2, 0) is 29.0 Å². The number of hydrogen-bond donors (Lipinski definition) is 1. The Labute approximate surface area is 218 Å². The third kappa shape index (κ3) is 8.07. The molecule has 0 aromatic heterocycles. The fourth-order valence-electron chi connectivity index (χ4n) is 4.14. The smallest absolute Gasteiger partial charge is 0.243 e. The van der Waals surface area contributed by atoms with Crippen LogP contribution in [0.1, 0.15) is 36.5 Å². The molecule has 1 atom stereocenters. The van der Waals surface area contributed by atoms with Gasteiger partial charge >= 0.3 is 0 Å². The summed E-state index contributed by atoms with van der Waals surface area (Å²) < 4.78 is 24.3. The number of ether oxygens (including phenoxy) is 2. The van der Waals surface area contributed by atoms with Gasteiger partial charge in [-0.3, -0.25) is 9.59 Å². The monoisotopic (exact) mass is 506 g/mol. The zero-order chi connectivity index (χ0) is 26.6.